The van der Waals surface area contributed by atoms with Crippen molar-refractivity contribution in [3.8, 4) is 0 Å². The van der Waals surface area contributed by atoms with Gasteiger partial charge < -0.3 is 11.1 Å². The monoisotopic (exact) mass is 275 g/mol. The number of nitrogens with zero attached hydrogens (tertiary/aromatic N) is 1. The van der Waals surface area contributed by atoms with Gasteiger partial charge in [-0.15, -0.1) is 0 Å². The van der Waals surface area contributed by atoms with Gasteiger partial charge in [0.05, 0.1) is 0 Å². The number of benzene rings is 1. The fourth-order valence-corrected chi connectivity index (χ4v) is 2.86. The summed E-state index contributed by atoms with van der Waals surface area (Å²) in [6.45, 7) is 6.87. The highest BCUT2D eigenvalue weighted by atomic mass is 16.1. The summed E-state index contributed by atoms with van der Waals surface area (Å²) in [6, 6.07) is 8.45. The first-order valence-electron chi connectivity index (χ1n) is 7.43. The van der Waals surface area contributed by atoms with Crippen molar-refractivity contribution in [1.82, 2.24) is 4.90 Å². The smallest absolute Gasteiger partial charge is 0.221 e. The molecule has 0 spiro atoms. The Balaban J connectivity index is 1.91. The van der Waals surface area contributed by atoms with Gasteiger partial charge in [-0.3, -0.25) is 9.69 Å². The van der Waals surface area contributed by atoms with Crippen molar-refractivity contribution in [3.05, 3.63) is 29.8 Å². The molecule has 3 N–H and O–H groups in total. The average molecular weight is 275 g/mol. The van der Waals surface area contributed by atoms with Crippen LogP contribution in [0, 0.1) is 5.92 Å². The summed E-state index contributed by atoms with van der Waals surface area (Å²) >= 11 is 0. The van der Waals surface area contributed by atoms with Crippen LogP contribution in [0.3, 0.4) is 0 Å². The number of hydrogen-bond acceptors (Lipinski definition) is 3. The maximum atomic E-state index is 11.0. The van der Waals surface area contributed by atoms with E-state index in [0.29, 0.717) is 12.0 Å². The summed E-state index contributed by atoms with van der Waals surface area (Å²) in [5.74, 6) is 0.580. The predicted octanol–water partition coefficient (Wildman–Crippen LogP) is 2.20. The number of anilines is 1. The standard InChI is InChI=1S/C16H25N3O/c1-3-14-11-19(9-8-16(14)17)10-13-4-6-15(7-5-13)18-12(2)20/h4-7,14,16H,3,8-11,17H2,1-2H3,(H,18,20). The molecule has 2 rings (SSSR count). The molecule has 110 valence electrons. The Morgan fingerprint density at radius 1 is 1.40 bits per heavy atom. The third-order valence-corrected chi connectivity index (χ3v) is 4.08. The van der Waals surface area contributed by atoms with Crippen LogP contribution in [-0.4, -0.2) is 29.9 Å². The van der Waals surface area contributed by atoms with Gasteiger partial charge >= 0.3 is 0 Å². The molecule has 0 aliphatic carbocycles. The molecule has 0 bridgehead atoms. The van der Waals surface area contributed by atoms with Crippen LogP contribution in [0.5, 0.6) is 0 Å². The number of rotatable bonds is 4. The number of piperidine rings is 1. The molecule has 4 nitrogen and oxygen atoms in total. The Hall–Kier alpha value is -1.39. The van der Waals surface area contributed by atoms with E-state index in [-0.39, 0.29) is 5.91 Å². The number of hydrogen-bond donors (Lipinski definition) is 2. The Kier molecular flexibility index (Phi) is 5.15. The van der Waals surface area contributed by atoms with Crippen molar-refractivity contribution in [1.29, 1.82) is 0 Å². The van der Waals surface area contributed by atoms with Crippen molar-refractivity contribution in [2.24, 2.45) is 11.7 Å². The van der Waals surface area contributed by atoms with E-state index >= 15 is 0 Å². The Bertz CT molecular complexity index is 444. The first-order chi connectivity index (χ1) is 9.58. The van der Waals surface area contributed by atoms with Gasteiger partial charge in [0.25, 0.3) is 0 Å². The van der Waals surface area contributed by atoms with Crippen molar-refractivity contribution >= 4 is 11.6 Å². The molecule has 1 aromatic carbocycles. The van der Waals surface area contributed by atoms with Crippen LogP contribution in [0.15, 0.2) is 24.3 Å². The molecule has 1 aliphatic rings. The van der Waals surface area contributed by atoms with E-state index in [2.05, 4.69) is 29.3 Å². The molecule has 0 saturated carbocycles. The Labute approximate surface area is 121 Å². The summed E-state index contributed by atoms with van der Waals surface area (Å²) in [5.41, 5.74) is 8.28. The largest absolute Gasteiger partial charge is 0.327 e. The van der Waals surface area contributed by atoms with Crippen molar-refractivity contribution < 1.29 is 4.79 Å². The molecule has 0 radical (unpaired) electrons. The molecular weight excluding hydrogens is 250 g/mol. The molecule has 2 unspecified atom stereocenters. The zero-order valence-electron chi connectivity index (χ0n) is 12.4. The molecular formula is C16H25N3O. The van der Waals surface area contributed by atoms with E-state index in [1.807, 2.05) is 12.1 Å². The molecule has 1 heterocycles. The first kappa shape index (κ1) is 15.0. The number of amides is 1. The minimum atomic E-state index is -0.0337. The number of carbonyl (C=O) groups is 1. The lowest BCUT2D eigenvalue weighted by Crippen LogP contribution is -2.46. The molecule has 1 amide bonds. The van der Waals surface area contributed by atoms with Gasteiger partial charge in [0.15, 0.2) is 0 Å². The lowest BCUT2D eigenvalue weighted by atomic mass is 9.90. The molecule has 2 atom stereocenters. The molecule has 1 saturated heterocycles. The quantitative estimate of drug-likeness (QED) is 0.885. The average Bonchev–Trinajstić information content (AvgIpc) is 2.42. The van der Waals surface area contributed by atoms with E-state index < -0.39 is 0 Å². The Morgan fingerprint density at radius 3 is 2.70 bits per heavy atom. The summed E-state index contributed by atoms with van der Waals surface area (Å²) in [7, 11) is 0. The summed E-state index contributed by atoms with van der Waals surface area (Å²) in [6.07, 6.45) is 2.24. The highest BCUT2D eigenvalue weighted by molar-refractivity contribution is 5.88. The topological polar surface area (TPSA) is 58.4 Å². The van der Waals surface area contributed by atoms with Crippen LogP contribution >= 0.6 is 0 Å². The first-order valence-corrected chi connectivity index (χ1v) is 7.43. The fourth-order valence-electron chi connectivity index (χ4n) is 2.86. The van der Waals surface area contributed by atoms with E-state index in [0.717, 1.165) is 38.2 Å². The van der Waals surface area contributed by atoms with Crippen LogP contribution in [0.1, 0.15) is 32.3 Å². The maximum absolute atomic E-state index is 11.0. The number of likely N-dealkylation sites (tertiary alicyclic amines) is 1. The van der Waals surface area contributed by atoms with Gasteiger partial charge in [-0.1, -0.05) is 25.5 Å². The molecule has 20 heavy (non-hydrogen) atoms. The van der Waals surface area contributed by atoms with E-state index in [4.69, 9.17) is 5.73 Å². The molecule has 4 heteroatoms. The van der Waals surface area contributed by atoms with Crippen LogP contribution in [0.4, 0.5) is 5.69 Å². The van der Waals surface area contributed by atoms with Crippen LogP contribution in [0.25, 0.3) is 0 Å². The van der Waals surface area contributed by atoms with Crippen LogP contribution in [0.2, 0.25) is 0 Å². The lowest BCUT2D eigenvalue weighted by molar-refractivity contribution is -0.114. The van der Waals surface area contributed by atoms with Crippen LogP contribution < -0.4 is 11.1 Å². The number of nitrogens with two attached hydrogens (primary N) is 1. The van der Waals surface area contributed by atoms with Crippen LogP contribution in [-0.2, 0) is 11.3 Å². The molecule has 1 aliphatic heterocycles. The van der Waals surface area contributed by atoms with Gasteiger partial charge in [0.2, 0.25) is 5.91 Å². The van der Waals surface area contributed by atoms with Gasteiger partial charge in [0, 0.05) is 31.7 Å². The number of carbonyl (C=O) groups excluding carboxylic acids is 1. The van der Waals surface area contributed by atoms with Crippen molar-refractivity contribution in [3.63, 3.8) is 0 Å². The van der Waals surface area contributed by atoms with Gasteiger partial charge in [-0.2, -0.15) is 0 Å². The van der Waals surface area contributed by atoms with E-state index in [9.17, 15) is 4.79 Å². The summed E-state index contributed by atoms with van der Waals surface area (Å²) in [5, 5.41) is 2.79. The highest BCUT2D eigenvalue weighted by Crippen LogP contribution is 2.20. The minimum absolute atomic E-state index is 0.0337. The SMILES string of the molecule is CCC1CN(Cc2ccc(NC(C)=O)cc2)CCC1N. The highest BCUT2D eigenvalue weighted by Gasteiger charge is 2.24. The third-order valence-electron chi connectivity index (χ3n) is 4.08. The molecule has 1 fully saturated rings. The maximum Gasteiger partial charge on any atom is 0.221 e. The third kappa shape index (κ3) is 4.05. The van der Waals surface area contributed by atoms with Crippen molar-refractivity contribution in [2.45, 2.75) is 39.3 Å². The van der Waals surface area contributed by atoms with Crippen molar-refractivity contribution in [2.75, 3.05) is 18.4 Å². The van der Waals surface area contributed by atoms with Gasteiger partial charge in [-0.05, 0) is 36.6 Å². The van der Waals surface area contributed by atoms with Gasteiger partial charge in [-0.25, -0.2) is 0 Å². The van der Waals surface area contributed by atoms with Gasteiger partial charge in [0.1, 0.15) is 0 Å². The fraction of sp³-hybridized carbons (Fsp3) is 0.562. The van der Waals surface area contributed by atoms with E-state index in [1.165, 1.54) is 12.5 Å². The lowest BCUT2D eigenvalue weighted by Gasteiger charge is -2.36. The summed E-state index contributed by atoms with van der Waals surface area (Å²) < 4.78 is 0. The number of nitrogens with one attached hydrogen (secondary N) is 1. The zero-order chi connectivity index (χ0) is 14.5. The molecule has 0 aromatic heterocycles. The van der Waals surface area contributed by atoms with E-state index in [1.54, 1.807) is 0 Å². The second-order valence-electron chi connectivity index (χ2n) is 5.73. The molecule has 1 aromatic rings. The zero-order valence-corrected chi connectivity index (χ0v) is 12.4. The normalized spacial score (nSPS) is 23.6. The summed E-state index contributed by atoms with van der Waals surface area (Å²) in [4.78, 5) is 13.5. The minimum Gasteiger partial charge on any atom is -0.327 e. The second kappa shape index (κ2) is 6.86. The Morgan fingerprint density at radius 2 is 2.10 bits per heavy atom. The predicted molar refractivity (Wildman–Crippen MR) is 82.4 cm³/mol. The second-order valence-corrected chi connectivity index (χ2v) is 5.73.